The summed E-state index contributed by atoms with van der Waals surface area (Å²) in [6.45, 7) is 4.28. The first-order valence-electron chi connectivity index (χ1n) is 7.67. The Balaban J connectivity index is 1.83. The van der Waals surface area contributed by atoms with Gasteiger partial charge in [-0.05, 0) is 42.7 Å². The zero-order chi connectivity index (χ0) is 18.4. The summed E-state index contributed by atoms with van der Waals surface area (Å²) in [5.74, 6) is 0.459. The number of benzene rings is 2. The maximum absolute atomic E-state index is 12.0. The van der Waals surface area contributed by atoms with E-state index in [-0.39, 0.29) is 24.6 Å². The van der Waals surface area contributed by atoms with Crippen molar-refractivity contribution in [2.45, 2.75) is 19.6 Å². The first-order chi connectivity index (χ1) is 11.7. The highest BCUT2D eigenvalue weighted by Gasteiger charge is 2.12. The second-order valence-electron chi connectivity index (χ2n) is 5.75. The van der Waals surface area contributed by atoms with Gasteiger partial charge in [0.1, 0.15) is 12.4 Å². The van der Waals surface area contributed by atoms with Gasteiger partial charge in [-0.3, -0.25) is 10.1 Å². The van der Waals surface area contributed by atoms with E-state index in [1.807, 2.05) is 32.0 Å². The Labute approximate surface area is 146 Å². The van der Waals surface area contributed by atoms with Gasteiger partial charge in [-0.1, -0.05) is 18.2 Å². The maximum Gasteiger partial charge on any atom is 0.269 e. The molecule has 2 aromatic carbocycles. The molecule has 0 aliphatic rings. The molecule has 0 bridgehead atoms. The molecule has 0 saturated carbocycles. The Morgan fingerprint density at radius 2 is 1.68 bits per heavy atom. The number of ether oxygens (including phenoxy) is 1. The highest BCUT2D eigenvalue weighted by Crippen LogP contribution is 2.16. The fraction of sp³-hybridized carbons (Fsp3) is 0.294. The largest absolute Gasteiger partial charge is 0.492 e. The molecule has 134 valence electrons. The number of sulfonamides is 1. The van der Waals surface area contributed by atoms with E-state index in [0.29, 0.717) is 11.3 Å². The number of hydrogen-bond donors (Lipinski definition) is 1. The second kappa shape index (κ2) is 8.09. The van der Waals surface area contributed by atoms with E-state index < -0.39 is 14.9 Å². The average molecular weight is 364 g/mol. The molecule has 2 aromatic rings. The zero-order valence-electron chi connectivity index (χ0n) is 14.1. The molecule has 8 heteroatoms. The fourth-order valence-electron chi connectivity index (χ4n) is 2.37. The zero-order valence-corrected chi connectivity index (χ0v) is 14.9. The Hall–Kier alpha value is -2.45. The Bertz CT molecular complexity index is 828. The van der Waals surface area contributed by atoms with Crippen LogP contribution in [0.4, 0.5) is 5.69 Å². The third-order valence-corrected chi connectivity index (χ3v) is 4.75. The molecule has 0 amide bonds. The number of nitro benzene ring substituents is 1. The minimum absolute atomic E-state index is 0.0732. The van der Waals surface area contributed by atoms with Gasteiger partial charge in [0.2, 0.25) is 10.0 Å². The summed E-state index contributed by atoms with van der Waals surface area (Å²) in [6, 6.07) is 11.2. The molecule has 0 saturated heterocycles. The maximum atomic E-state index is 12.0. The Morgan fingerprint density at radius 3 is 2.24 bits per heavy atom. The van der Waals surface area contributed by atoms with E-state index in [2.05, 4.69) is 4.72 Å². The van der Waals surface area contributed by atoms with Crippen molar-refractivity contribution in [1.29, 1.82) is 0 Å². The van der Waals surface area contributed by atoms with Crippen LogP contribution in [0, 0.1) is 24.0 Å². The predicted octanol–water partition coefficient (Wildman–Crippen LogP) is 2.71. The summed E-state index contributed by atoms with van der Waals surface area (Å²) >= 11 is 0. The van der Waals surface area contributed by atoms with Crippen molar-refractivity contribution in [3.63, 3.8) is 0 Å². The lowest BCUT2D eigenvalue weighted by Gasteiger charge is -2.10. The Morgan fingerprint density at radius 1 is 1.08 bits per heavy atom. The van der Waals surface area contributed by atoms with Gasteiger partial charge in [-0.25, -0.2) is 13.1 Å². The van der Waals surface area contributed by atoms with Crippen LogP contribution in [0.1, 0.15) is 16.7 Å². The molecule has 0 aromatic heterocycles. The Kier molecular flexibility index (Phi) is 6.11. The van der Waals surface area contributed by atoms with Gasteiger partial charge in [0.15, 0.2) is 0 Å². The fourth-order valence-corrected chi connectivity index (χ4v) is 3.49. The minimum atomic E-state index is -3.54. The molecule has 0 aliphatic carbocycles. The molecule has 0 radical (unpaired) electrons. The molecule has 0 spiro atoms. The smallest absolute Gasteiger partial charge is 0.269 e. The number of nitro groups is 1. The first kappa shape index (κ1) is 18.9. The molecular formula is C17H20N2O5S. The molecule has 0 heterocycles. The first-order valence-corrected chi connectivity index (χ1v) is 9.32. The quantitative estimate of drug-likeness (QED) is 0.441. The summed E-state index contributed by atoms with van der Waals surface area (Å²) < 4.78 is 32.1. The summed E-state index contributed by atoms with van der Waals surface area (Å²) in [5.41, 5.74) is 2.56. The van der Waals surface area contributed by atoms with Gasteiger partial charge in [-0.2, -0.15) is 0 Å². The van der Waals surface area contributed by atoms with Crippen molar-refractivity contribution in [3.8, 4) is 5.75 Å². The standard InChI is InChI=1S/C17H20N2O5S/c1-13-9-14(2)11-17(10-13)24-8-7-18-25(22,23)12-15-3-5-16(6-4-15)19(20)21/h3-6,9-11,18H,7-8,12H2,1-2H3. The van der Waals surface area contributed by atoms with Crippen molar-refractivity contribution in [2.24, 2.45) is 0 Å². The molecular weight excluding hydrogens is 344 g/mol. The number of aryl methyl sites for hydroxylation is 2. The van der Waals surface area contributed by atoms with Crippen molar-refractivity contribution in [3.05, 3.63) is 69.3 Å². The summed E-state index contributed by atoms with van der Waals surface area (Å²) in [7, 11) is -3.54. The molecule has 0 fully saturated rings. The van der Waals surface area contributed by atoms with Crippen LogP contribution in [-0.4, -0.2) is 26.5 Å². The van der Waals surface area contributed by atoms with E-state index in [1.54, 1.807) is 0 Å². The molecule has 0 atom stereocenters. The SMILES string of the molecule is Cc1cc(C)cc(OCCNS(=O)(=O)Cc2ccc([N+](=O)[O-])cc2)c1. The van der Waals surface area contributed by atoms with Gasteiger partial charge in [0.05, 0.1) is 10.7 Å². The second-order valence-corrected chi connectivity index (χ2v) is 7.56. The van der Waals surface area contributed by atoms with Crippen molar-refractivity contribution >= 4 is 15.7 Å². The van der Waals surface area contributed by atoms with Gasteiger partial charge in [0, 0.05) is 18.7 Å². The molecule has 2 rings (SSSR count). The molecule has 0 unspecified atom stereocenters. The van der Waals surface area contributed by atoms with Crippen LogP contribution in [-0.2, 0) is 15.8 Å². The normalized spacial score (nSPS) is 11.3. The van der Waals surface area contributed by atoms with Crippen LogP contribution >= 0.6 is 0 Å². The summed E-state index contributed by atoms with van der Waals surface area (Å²) in [5, 5.41) is 10.6. The molecule has 25 heavy (non-hydrogen) atoms. The lowest BCUT2D eigenvalue weighted by molar-refractivity contribution is -0.384. The van der Waals surface area contributed by atoms with Crippen LogP contribution in [0.25, 0.3) is 0 Å². The van der Waals surface area contributed by atoms with Crippen LogP contribution in [0.3, 0.4) is 0 Å². The number of rotatable bonds is 8. The van der Waals surface area contributed by atoms with Gasteiger partial charge in [-0.15, -0.1) is 0 Å². The number of hydrogen-bond acceptors (Lipinski definition) is 5. The lowest BCUT2D eigenvalue weighted by atomic mass is 10.1. The van der Waals surface area contributed by atoms with Gasteiger partial charge >= 0.3 is 0 Å². The minimum Gasteiger partial charge on any atom is -0.492 e. The van der Waals surface area contributed by atoms with E-state index in [9.17, 15) is 18.5 Å². The molecule has 0 aliphatic heterocycles. The van der Waals surface area contributed by atoms with E-state index in [4.69, 9.17) is 4.74 Å². The molecule has 1 N–H and O–H groups in total. The third-order valence-electron chi connectivity index (χ3n) is 3.39. The lowest BCUT2D eigenvalue weighted by Crippen LogP contribution is -2.29. The van der Waals surface area contributed by atoms with Crippen molar-refractivity contribution in [2.75, 3.05) is 13.2 Å². The highest BCUT2D eigenvalue weighted by atomic mass is 32.2. The van der Waals surface area contributed by atoms with Crippen molar-refractivity contribution < 1.29 is 18.1 Å². The number of non-ortho nitro benzene ring substituents is 1. The van der Waals surface area contributed by atoms with Crippen molar-refractivity contribution in [1.82, 2.24) is 4.72 Å². The van der Waals surface area contributed by atoms with Gasteiger partial charge < -0.3 is 4.74 Å². The van der Waals surface area contributed by atoms with Crippen LogP contribution in [0.15, 0.2) is 42.5 Å². The topological polar surface area (TPSA) is 98.5 Å². The highest BCUT2D eigenvalue weighted by molar-refractivity contribution is 7.88. The van der Waals surface area contributed by atoms with Crippen LogP contribution in [0.5, 0.6) is 5.75 Å². The number of nitrogens with zero attached hydrogens (tertiary/aromatic N) is 1. The summed E-state index contributed by atoms with van der Waals surface area (Å²) in [6.07, 6.45) is 0. The predicted molar refractivity (Wildman–Crippen MR) is 95.1 cm³/mol. The van der Waals surface area contributed by atoms with E-state index in [0.717, 1.165) is 11.1 Å². The average Bonchev–Trinajstić information content (AvgIpc) is 2.51. The van der Waals surface area contributed by atoms with Crippen LogP contribution in [0.2, 0.25) is 0 Å². The van der Waals surface area contributed by atoms with Gasteiger partial charge in [0.25, 0.3) is 5.69 Å². The summed E-state index contributed by atoms with van der Waals surface area (Å²) in [4.78, 5) is 10.1. The monoisotopic (exact) mass is 364 g/mol. The van der Waals surface area contributed by atoms with E-state index >= 15 is 0 Å². The number of nitrogens with one attached hydrogen (secondary N) is 1. The third kappa shape index (κ3) is 6.17. The van der Waals surface area contributed by atoms with E-state index in [1.165, 1.54) is 24.3 Å². The van der Waals surface area contributed by atoms with Crippen LogP contribution < -0.4 is 9.46 Å². The molecule has 7 nitrogen and oxygen atoms in total.